The predicted molar refractivity (Wildman–Crippen MR) is 152 cm³/mol. The molecule has 0 aromatic heterocycles. The Kier molecular flexibility index (Phi) is 9.73. The quantitative estimate of drug-likeness (QED) is 0.203. The molecule has 0 amide bonds. The van der Waals surface area contributed by atoms with E-state index in [2.05, 4.69) is 29.2 Å². The number of methoxy groups -OCH3 is 1. The zero-order chi connectivity index (χ0) is 29.4. The van der Waals surface area contributed by atoms with E-state index in [9.17, 15) is 15.0 Å². The van der Waals surface area contributed by atoms with Gasteiger partial charge in [-0.25, -0.2) is 4.79 Å². The number of piperazine rings is 1. The van der Waals surface area contributed by atoms with E-state index in [0.29, 0.717) is 13.2 Å². The van der Waals surface area contributed by atoms with Crippen LogP contribution in [0.2, 0.25) is 0 Å². The van der Waals surface area contributed by atoms with Crippen LogP contribution in [0.25, 0.3) is 10.8 Å². The Hall–Kier alpha value is -4.67. The summed E-state index contributed by atoms with van der Waals surface area (Å²) in [7, 11) is 1.71. The van der Waals surface area contributed by atoms with Gasteiger partial charge in [0.1, 0.15) is 42.3 Å². The Balaban J connectivity index is 0.000000271. The second-order valence-electron chi connectivity index (χ2n) is 9.67. The molecule has 0 saturated carbocycles. The molecule has 10 nitrogen and oxygen atoms in total. The fourth-order valence-corrected chi connectivity index (χ4v) is 4.83. The molecule has 5 rings (SSSR count). The normalized spacial score (nSPS) is 14.1. The SMILES string of the molecule is COc1ccccc1N1CC[NH+](C[C@H](O)COc2cccc3ccccc23)CC1.O=C(O)c1c(O)ccc(O)c1[O-]. The molecule has 5 N–H and O–H groups in total. The number of aliphatic hydroxyl groups is 1. The van der Waals surface area contributed by atoms with Crippen LogP contribution in [0.15, 0.2) is 78.9 Å². The van der Waals surface area contributed by atoms with Crippen molar-refractivity contribution in [3.05, 3.63) is 84.4 Å². The van der Waals surface area contributed by atoms with E-state index < -0.39 is 34.9 Å². The highest BCUT2D eigenvalue weighted by atomic mass is 16.5. The van der Waals surface area contributed by atoms with E-state index in [1.54, 1.807) is 7.11 Å². The maximum absolute atomic E-state index is 10.8. The molecule has 41 heavy (non-hydrogen) atoms. The number of anilines is 1. The molecular formula is C31H34N2O8. The van der Waals surface area contributed by atoms with Gasteiger partial charge in [-0.1, -0.05) is 48.5 Å². The van der Waals surface area contributed by atoms with Crippen LogP contribution in [0.3, 0.4) is 0 Å². The minimum Gasteiger partial charge on any atom is -0.869 e. The van der Waals surface area contributed by atoms with Gasteiger partial charge in [-0.15, -0.1) is 0 Å². The number of aromatic carboxylic acids is 1. The summed E-state index contributed by atoms with van der Waals surface area (Å²) < 4.78 is 11.4. The van der Waals surface area contributed by atoms with E-state index in [4.69, 9.17) is 24.8 Å². The molecule has 1 saturated heterocycles. The number of hydrogen-bond acceptors (Lipinski definition) is 8. The lowest BCUT2D eigenvalue weighted by atomic mass is 10.1. The number of carboxylic acid groups (broad SMARTS) is 1. The lowest BCUT2D eigenvalue weighted by molar-refractivity contribution is -0.903. The van der Waals surface area contributed by atoms with E-state index >= 15 is 0 Å². The summed E-state index contributed by atoms with van der Waals surface area (Å²) >= 11 is 0. The number of fused-ring (bicyclic) bond motifs is 1. The molecule has 0 spiro atoms. The number of benzene rings is 4. The molecule has 1 aliphatic heterocycles. The number of rotatable bonds is 8. The van der Waals surface area contributed by atoms with Crippen LogP contribution in [0.4, 0.5) is 5.69 Å². The first-order valence-corrected chi connectivity index (χ1v) is 13.2. The molecule has 10 heteroatoms. The van der Waals surface area contributed by atoms with E-state index in [1.165, 1.54) is 4.90 Å². The number of ether oxygens (including phenoxy) is 2. The van der Waals surface area contributed by atoms with Gasteiger partial charge in [-0.2, -0.15) is 0 Å². The minimum absolute atomic E-state index is 0.313. The minimum atomic E-state index is -1.56. The van der Waals surface area contributed by atoms with Crippen molar-refractivity contribution in [1.82, 2.24) is 0 Å². The van der Waals surface area contributed by atoms with Crippen molar-refractivity contribution in [2.45, 2.75) is 6.10 Å². The van der Waals surface area contributed by atoms with Crippen LogP contribution in [0.1, 0.15) is 10.4 Å². The third kappa shape index (κ3) is 7.30. The molecule has 0 radical (unpaired) electrons. The van der Waals surface area contributed by atoms with Crippen LogP contribution in [-0.4, -0.2) is 78.9 Å². The first-order chi connectivity index (χ1) is 19.8. The molecule has 0 aliphatic carbocycles. The van der Waals surface area contributed by atoms with E-state index in [1.807, 2.05) is 42.5 Å². The summed E-state index contributed by atoms with van der Waals surface area (Å²) in [6.45, 7) is 4.89. The number of aromatic hydroxyl groups is 2. The standard InChI is InChI=1S/C24H28N2O3.C7H6O5/c1-28-24-11-5-4-10-22(24)26-15-13-25(14-16-26)17-20(27)18-29-23-12-6-8-19-7-2-3-9-21(19)23;8-3-1-2-4(9)6(10)5(3)7(11)12/h2-12,20,27H,13-18H2,1H3;1-2,8-10H,(H,11,12)/t20-;/m0./s1. The topological polar surface area (TPSA) is 147 Å². The lowest BCUT2D eigenvalue weighted by Gasteiger charge is -2.35. The number of phenols is 2. The van der Waals surface area contributed by atoms with Gasteiger partial charge in [0.2, 0.25) is 0 Å². The smallest absolute Gasteiger partial charge is 0.338 e. The summed E-state index contributed by atoms with van der Waals surface area (Å²) in [6.07, 6.45) is -0.484. The number of quaternary nitrogens is 1. The third-order valence-electron chi connectivity index (χ3n) is 6.93. The van der Waals surface area contributed by atoms with E-state index in [-0.39, 0.29) is 0 Å². The fourth-order valence-electron chi connectivity index (χ4n) is 4.83. The van der Waals surface area contributed by atoms with Gasteiger partial charge in [0.05, 0.1) is 44.5 Å². The number of aliphatic hydroxyl groups excluding tert-OH is 1. The summed E-state index contributed by atoms with van der Waals surface area (Å²) in [5.74, 6) is -2.23. The Bertz CT molecular complexity index is 1460. The largest absolute Gasteiger partial charge is 0.869 e. The number of nitrogens with one attached hydrogen (secondary N) is 1. The molecule has 1 fully saturated rings. The average Bonchev–Trinajstić information content (AvgIpc) is 2.98. The first-order valence-electron chi connectivity index (χ1n) is 13.2. The summed E-state index contributed by atoms with van der Waals surface area (Å²) in [6, 6.07) is 24.2. The van der Waals surface area contributed by atoms with Crippen molar-refractivity contribution < 1.29 is 44.7 Å². The van der Waals surface area contributed by atoms with Crippen molar-refractivity contribution in [2.24, 2.45) is 0 Å². The maximum atomic E-state index is 10.8. The van der Waals surface area contributed by atoms with Crippen LogP contribution in [-0.2, 0) is 0 Å². The Morgan fingerprint density at radius 3 is 2.27 bits per heavy atom. The summed E-state index contributed by atoms with van der Waals surface area (Å²) in [5.41, 5.74) is 0.337. The van der Waals surface area contributed by atoms with Crippen molar-refractivity contribution >= 4 is 22.4 Å². The van der Waals surface area contributed by atoms with Crippen LogP contribution in [0.5, 0.6) is 28.7 Å². The number of para-hydroxylation sites is 2. The first kappa shape index (κ1) is 29.3. The molecular weight excluding hydrogens is 528 g/mol. The highest BCUT2D eigenvalue weighted by Crippen LogP contribution is 2.32. The van der Waals surface area contributed by atoms with Gasteiger partial charge >= 0.3 is 5.97 Å². The van der Waals surface area contributed by atoms with Crippen LogP contribution < -0.4 is 24.4 Å². The second kappa shape index (κ2) is 13.6. The van der Waals surface area contributed by atoms with Crippen LogP contribution in [0, 0.1) is 0 Å². The van der Waals surface area contributed by atoms with Gasteiger partial charge < -0.3 is 44.8 Å². The number of hydrogen-bond donors (Lipinski definition) is 5. The third-order valence-corrected chi connectivity index (χ3v) is 6.93. The molecule has 4 aromatic carbocycles. The molecule has 1 heterocycles. The zero-order valence-corrected chi connectivity index (χ0v) is 22.7. The van der Waals surface area contributed by atoms with Crippen molar-refractivity contribution in [2.75, 3.05) is 51.3 Å². The van der Waals surface area contributed by atoms with Gasteiger partial charge in [0.25, 0.3) is 0 Å². The fraction of sp³-hybridized carbons (Fsp3) is 0.258. The van der Waals surface area contributed by atoms with Crippen LogP contribution >= 0.6 is 0 Å². The molecule has 1 aliphatic rings. The Morgan fingerprint density at radius 2 is 1.56 bits per heavy atom. The Morgan fingerprint density at radius 1 is 0.927 bits per heavy atom. The van der Waals surface area contributed by atoms with Crippen molar-refractivity contribution in [3.8, 4) is 28.7 Å². The van der Waals surface area contributed by atoms with Gasteiger partial charge in [0, 0.05) is 5.39 Å². The number of nitrogens with zero attached hydrogens (tertiary/aromatic N) is 1. The number of carboxylic acids is 1. The van der Waals surface area contributed by atoms with Gasteiger partial charge in [0.15, 0.2) is 0 Å². The summed E-state index contributed by atoms with van der Waals surface area (Å²) in [5, 5.41) is 49.7. The lowest BCUT2D eigenvalue weighted by Crippen LogP contribution is -3.16. The molecule has 4 aromatic rings. The molecule has 0 unspecified atom stereocenters. The predicted octanol–water partition coefficient (Wildman–Crippen LogP) is 1.86. The second-order valence-corrected chi connectivity index (χ2v) is 9.67. The summed E-state index contributed by atoms with van der Waals surface area (Å²) in [4.78, 5) is 14.1. The Labute approximate surface area is 237 Å². The number of carbonyl (C=O) groups is 1. The van der Waals surface area contributed by atoms with Gasteiger partial charge in [-0.05, 0) is 41.5 Å². The highest BCUT2D eigenvalue weighted by molar-refractivity contribution is 5.94. The van der Waals surface area contributed by atoms with E-state index in [0.717, 1.165) is 66.3 Å². The van der Waals surface area contributed by atoms with Crippen molar-refractivity contribution in [3.63, 3.8) is 0 Å². The monoisotopic (exact) mass is 562 g/mol. The zero-order valence-electron chi connectivity index (χ0n) is 22.7. The maximum Gasteiger partial charge on any atom is 0.338 e. The molecule has 1 atom stereocenters. The molecule has 0 bridgehead atoms. The van der Waals surface area contributed by atoms with Gasteiger partial charge in [-0.3, -0.25) is 0 Å². The average molecular weight is 563 g/mol. The highest BCUT2D eigenvalue weighted by Gasteiger charge is 2.24. The molecule has 216 valence electrons. The number of phenolic OH excluding ortho intramolecular Hbond substituents is 1. The van der Waals surface area contributed by atoms with Crippen molar-refractivity contribution in [1.29, 1.82) is 0 Å².